The first-order chi connectivity index (χ1) is 15.1. The summed E-state index contributed by atoms with van der Waals surface area (Å²) in [4.78, 5) is 28.8. The molecule has 5 heterocycles. The number of anilines is 2. The van der Waals surface area contributed by atoms with Crippen LogP contribution in [0, 0.1) is 13.8 Å². The Morgan fingerprint density at radius 2 is 2.10 bits per heavy atom. The first-order valence-corrected chi connectivity index (χ1v) is 10.4. The van der Waals surface area contributed by atoms with E-state index in [0.29, 0.717) is 37.0 Å². The van der Waals surface area contributed by atoms with E-state index in [1.54, 1.807) is 11.1 Å². The summed E-state index contributed by atoms with van der Waals surface area (Å²) in [5.41, 5.74) is 7.03. The van der Waals surface area contributed by atoms with E-state index in [9.17, 15) is 4.79 Å². The minimum atomic E-state index is -0.0437. The number of rotatable bonds is 4. The maximum absolute atomic E-state index is 13.2. The van der Waals surface area contributed by atoms with Crippen LogP contribution in [0.15, 0.2) is 30.5 Å². The minimum Gasteiger partial charge on any atom is -0.474 e. The number of amides is 1. The summed E-state index contributed by atoms with van der Waals surface area (Å²) in [5.74, 6) is 1.19. The summed E-state index contributed by atoms with van der Waals surface area (Å²) >= 11 is 0. The maximum atomic E-state index is 13.2. The van der Waals surface area contributed by atoms with E-state index in [2.05, 4.69) is 20.6 Å². The number of pyridine rings is 3. The van der Waals surface area contributed by atoms with E-state index in [1.165, 1.54) is 0 Å². The number of carbonyl (C=O) groups is 1. The summed E-state index contributed by atoms with van der Waals surface area (Å²) in [7, 11) is 1.88. The van der Waals surface area contributed by atoms with Crippen molar-refractivity contribution in [1.29, 1.82) is 0 Å². The Labute approximate surface area is 180 Å². The molecule has 8 heteroatoms. The number of nitrogens with one attached hydrogen (secondary N) is 2. The highest BCUT2D eigenvalue weighted by Gasteiger charge is 2.32. The summed E-state index contributed by atoms with van der Waals surface area (Å²) < 4.78 is 5.63. The molecule has 1 amide bonds. The van der Waals surface area contributed by atoms with Crippen molar-refractivity contribution in [2.45, 2.75) is 26.9 Å². The zero-order chi connectivity index (χ0) is 21.5. The molecule has 0 saturated carbocycles. The summed E-state index contributed by atoms with van der Waals surface area (Å²) in [6.45, 7) is 6.38. The van der Waals surface area contributed by atoms with E-state index in [-0.39, 0.29) is 5.91 Å². The molecular formula is C23H24N6O2. The molecular weight excluding hydrogens is 392 g/mol. The van der Waals surface area contributed by atoms with E-state index in [4.69, 9.17) is 9.72 Å². The average Bonchev–Trinajstić information content (AvgIpc) is 3.11. The molecule has 0 fully saturated rings. The Bertz CT molecular complexity index is 1190. The van der Waals surface area contributed by atoms with Gasteiger partial charge >= 0.3 is 0 Å². The number of aryl methyl sites for hydroxylation is 1. The summed E-state index contributed by atoms with van der Waals surface area (Å²) in [5, 5.41) is 6.50. The molecule has 2 aliphatic heterocycles. The van der Waals surface area contributed by atoms with Crippen molar-refractivity contribution >= 4 is 17.4 Å². The fraction of sp³-hybridized carbons (Fsp3) is 0.304. The van der Waals surface area contributed by atoms with Crippen LogP contribution in [0.2, 0.25) is 0 Å². The molecule has 2 N–H and O–H groups in total. The predicted octanol–water partition coefficient (Wildman–Crippen LogP) is 2.84. The van der Waals surface area contributed by atoms with Gasteiger partial charge in [-0.15, -0.1) is 0 Å². The van der Waals surface area contributed by atoms with Crippen LogP contribution in [0.25, 0.3) is 11.3 Å². The van der Waals surface area contributed by atoms with E-state index in [0.717, 1.165) is 46.0 Å². The van der Waals surface area contributed by atoms with Crippen LogP contribution >= 0.6 is 0 Å². The van der Waals surface area contributed by atoms with Crippen molar-refractivity contribution in [2.75, 3.05) is 30.4 Å². The van der Waals surface area contributed by atoms with Crippen LogP contribution in [0.4, 0.5) is 11.5 Å². The van der Waals surface area contributed by atoms with Crippen LogP contribution in [0.3, 0.4) is 0 Å². The second-order valence-corrected chi connectivity index (χ2v) is 7.79. The van der Waals surface area contributed by atoms with Crippen molar-refractivity contribution in [1.82, 2.24) is 20.3 Å². The smallest absolute Gasteiger partial charge is 0.260 e. The zero-order valence-electron chi connectivity index (χ0n) is 17.8. The SMILES string of the molecule is CNCc1nc(C)cc2c1CN(c1cccc(-c3cnc4c(c3C)NCCO4)n1)C2=O. The summed E-state index contributed by atoms with van der Waals surface area (Å²) in [6.07, 6.45) is 1.78. The molecule has 158 valence electrons. The fourth-order valence-corrected chi connectivity index (χ4v) is 4.21. The van der Waals surface area contributed by atoms with E-state index in [1.807, 2.05) is 45.2 Å². The Hall–Kier alpha value is -3.52. The van der Waals surface area contributed by atoms with Crippen molar-refractivity contribution in [3.63, 3.8) is 0 Å². The normalized spacial score (nSPS) is 14.7. The monoisotopic (exact) mass is 416 g/mol. The fourth-order valence-electron chi connectivity index (χ4n) is 4.21. The first-order valence-electron chi connectivity index (χ1n) is 10.4. The lowest BCUT2D eigenvalue weighted by Crippen LogP contribution is -2.24. The van der Waals surface area contributed by atoms with Crippen molar-refractivity contribution in [3.8, 4) is 17.1 Å². The second kappa shape index (κ2) is 7.63. The molecule has 8 nitrogen and oxygen atoms in total. The molecule has 0 saturated heterocycles. The number of hydrogen-bond acceptors (Lipinski definition) is 7. The highest BCUT2D eigenvalue weighted by molar-refractivity contribution is 6.09. The van der Waals surface area contributed by atoms with Gasteiger partial charge < -0.3 is 15.4 Å². The van der Waals surface area contributed by atoms with Crippen LogP contribution < -0.4 is 20.3 Å². The van der Waals surface area contributed by atoms with E-state index >= 15 is 0 Å². The lowest BCUT2D eigenvalue weighted by atomic mass is 10.1. The maximum Gasteiger partial charge on any atom is 0.260 e. The van der Waals surface area contributed by atoms with Crippen LogP contribution in [-0.4, -0.2) is 41.1 Å². The number of aromatic nitrogens is 3. The summed E-state index contributed by atoms with van der Waals surface area (Å²) in [6, 6.07) is 7.60. The molecule has 31 heavy (non-hydrogen) atoms. The molecule has 0 atom stereocenters. The molecule has 0 radical (unpaired) electrons. The van der Waals surface area contributed by atoms with Crippen molar-refractivity contribution in [2.24, 2.45) is 0 Å². The molecule has 3 aromatic heterocycles. The Balaban J connectivity index is 1.52. The van der Waals surface area contributed by atoms with E-state index < -0.39 is 0 Å². The quantitative estimate of drug-likeness (QED) is 0.676. The third-order valence-electron chi connectivity index (χ3n) is 5.71. The molecule has 0 aliphatic carbocycles. The Morgan fingerprint density at radius 3 is 2.94 bits per heavy atom. The van der Waals surface area contributed by atoms with Gasteiger partial charge in [-0.05, 0) is 44.7 Å². The number of fused-ring (bicyclic) bond motifs is 2. The first kappa shape index (κ1) is 19.4. The highest BCUT2D eigenvalue weighted by Crippen LogP contribution is 2.36. The highest BCUT2D eigenvalue weighted by atomic mass is 16.5. The largest absolute Gasteiger partial charge is 0.474 e. The molecule has 0 bridgehead atoms. The van der Waals surface area contributed by atoms with Crippen LogP contribution in [0.1, 0.15) is 32.9 Å². The standard InChI is InChI=1S/C23H24N6O2/c1-13-9-15-17(19(27-13)11-24-3)12-29(23(15)30)20-6-4-5-18(28-20)16-10-26-22-21(14(16)2)25-7-8-31-22/h4-6,9-10,24-25H,7-8,11-12H2,1-3H3. The molecule has 0 aromatic carbocycles. The van der Waals surface area contributed by atoms with Crippen molar-refractivity contribution in [3.05, 3.63) is 58.5 Å². The number of hydrogen-bond donors (Lipinski definition) is 2. The zero-order valence-corrected chi connectivity index (χ0v) is 17.8. The average molecular weight is 416 g/mol. The van der Waals surface area contributed by atoms with Gasteiger partial charge in [0, 0.05) is 41.7 Å². The molecule has 0 unspecified atom stereocenters. The third kappa shape index (κ3) is 3.29. The third-order valence-corrected chi connectivity index (χ3v) is 5.71. The Morgan fingerprint density at radius 1 is 1.23 bits per heavy atom. The topological polar surface area (TPSA) is 92.3 Å². The van der Waals surface area contributed by atoms with Gasteiger partial charge in [-0.25, -0.2) is 9.97 Å². The molecule has 5 rings (SSSR count). The van der Waals surface area contributed by atoms with Crippen molar-refractivity contribution < 1.29 is 9.53 Å². The lowest BCUT2D eigenvalue weighted by molar-refractivity contribution is 0.0996. The van der Waals surface area contributed by atoms with Gasteiger partial charge in [0.1, 0.15) is 18.1 Å². The minimum absolute atomic E-state index is 0.0437. The van der Waals surface area contributed by atoms with Crippen LogP contribution in [0.5, 0.6) is 5.88 Å². The van der Waals surface area contributed by atoms with Gasteiger partial charge in [0.15, 0.2) is 0 Å². The van der Waals surface area contributed by atoms with Gasteiger partial charge in [-0.2, -0.15) is 0 Å². The van der Waals surface area contributed by atoms with Crippen LogP contribution in [-0.2, 0) is 13.1 Å². The molecule has 2 aliphatic rings. The number of carbonyl (C=O) groups excluding carboxylic acids is 1. The predicted molar refractivity (Wildman–Crippen MR) is 118 cm³/mol. The van der Waals surface area contributed by atoms with Gasteiger partial charge in [0.05, 0.1) is 17.9 Å². The van der Waals surface area contributed by atoms with Gasteiger partial charge in [-0.3, -0.25) is 14.7 Å². The Kier molecular flexibility index (Phi) is 4.78. The molecule has 3 aromatic rings. The van der Waals surface area contributed by atoms with Gasteiger partial charge in [-0.1, -0.05) is 6.07 Å². The number of nitrogens with zero attached hydrogens (tertiary/aromatic N) is 4. The number of ether oxygens (including phenoxy) is 1. The molecule has 0 spiro atoms. The van der Waals surface area contributed by atoms with Gasteiger partial charge in [0.2, 0.25) is 5.88 Å². The second-order valence-electron chi connectivity index (χ2n) is 7.79. The lowest BCUT2D eigenvalue weighted by Gasteiger charge is -2.21. The van der Waals surface area contributed by atoms with Gasteiger partial charge in [0.25, 0.3) is 5.91 Å².